The van der Waals surface area contributed by atoms with Gasteiger partial charge in [-0.1, -0.05) is 13.0 Å². The summed E-state index contributed by atoms with van der Waals surface area (Å²) in [5, 5.41) is 3.60. The van der Waals surface area contributed by atoms with Crippen LogP contribution in [0.4, 0.5) is 0 Å². The SMILES string of the molecule is CCCNC1CCCc2nc(Cc3ccccn3)ncc21. The first-order valence-electron chi connectivity index (χ1n) is 7.85. The maximum absolute atomic E-state index is 4.78. The highest BCUT2D eigenvalue weighted by atomic mass is 14.9. The van der Waals surface area contributed by atoms with Crippen molar-refractivity contribution in [1.82, 2.24) is 20.3 Å². The standard InChI is InChI=1S/C17H22N4/c1-2-9-19-15-7-5-8-16-14(15)12-20-17(21-16)11-13-6-3-4-10-18-13/h3-4,6,10,12,15,19H,2,5,7-9,11H2,1H3. The van der Waals surface area contributed by atoms with Gasteiger partial charge in [-0.3, -0.25) is 4.98 Å². The quantitative estimate of drug-likeness (QED) is 0.916. The Kier molecular flexibility index (Phi) is 4.55. The van der Waals surface area contributed by atoms with Crippen molar-refractivity contribution in [2.75, 3.05) is 6.54 Å². The lowest BCUT2D eigenvalue weighted by Gasteiger charge is -2.25. The largest absolute Gasteiger partial charge is 0.310 e. The highest BCUT2D eigenvalue weighted by molar-refractivity contribution is 5.25. The second-order valence-electron chi connectivity index (χ2n) is 5.59. The predicted molar refractivity (Wildman–Crippen MR) is 83.0 cm³/mol. The van der Waals surface area contributed by atoms with Crippen molar-refractivity contribution >= 4 is 0 Å². The Morgan fingerprint density at radius 3 is 3.05 bits per heavy atom. The van der Waals surface area contributed by atoms with E-state index in [1.807, 2.05) is 30.6 Å². The minimum Gasteiger partial charge on any atom is -0.310 e. The van der Waals surface area contributed by atoms with Gasteiger partial charge in [0.05, 0.1) is 6.42 Å². The van der Waals surface area contributed by atoms with E-state index >= 15 is 0 Å². The van der Waals surface area contributed by atoms with Crippen LogP contribution in [0.1, 0.15) is 55.0 Å². The van der Waals surface area contributed by atoms with E-state index in [4.69, 9.17) is 4.98 Å². The van der Waals surface area contributed by atoms with Crippen molar-refractivity contribution in [1.29, 1.82) is 0 Å². The monoisotopic (exact) mass is 282 g/mol. The topological polar surface area (TPSA) is 50.7 Å². The molecule has 4 nitrogen and oxygen atoms in total. The van der Waals surface area contributed by atoms with Crippen LogP contribution in [-0.2, 0) is 12.8 Å². The Bertz CT molecular complexity index is 583. The van der Waals surface area contributed by atoms with Gasteiger partial charge >= 0.3 is 0 Å². The Balaban J connectivity index is 1.78. The van der Waals surface area contributed by atoms with E-state index in [9.17, 15) is 0 Å². The highest BCUT2D eigenvalue weighted by Crippen LogP contribution is 2.28. The molecule has 0 saturated carbocycles. The lowest BCUT2D eigenvalue weighted by atomic mass is 9.92. The van der Waals surface area contributed by atoms with Crippen molar-refractivity contribution < 1.29 is 0 Å². The Morgan fingerprint density at radius 2 is 2.24 bits per heavy atom. The van der Waals surface area contributed by atoms with Crippen LogP contribution in [0.25, 0.3) is 0 Å². The lowest BCUT2D eigenvalue weighted by molar-refractivity contribution is 0.452. The molecule has 0 spiro atoms. The summed E-state index contributed by atoms with van der Waals surface area (Å²) in [5.41, 5.74) is 3.53. The van der Waals surface area contributed by atoms with Crippen LogP contribution >= 0.6 is 0 Å². The van der Waals surface area contributed by atoms with Crippen LogP contribution in [0.2, 0.25) is 0 Å². The van der Waals surface area contributed by atoms with Crippen LogP contribution in [0.5, 0.6) is 0 Å². The molecule has 0 fully saturated rings. The Labute approximate surface area is 126 Å². The molecule has 1 aliphatic carbocycles. The van der Waals surface area contributed by atoms with E-state index < -0.39 is 0 Å². The number of aromatic nitrogens is 3. The summed E-state index contributed by atoms with van der Waals surface area (Å²) in [6.45, 7) is 3.25. The van der Waals surface area contributed by atoms with Crippen LogP contribution in [-0.4, -0.2) is 21.5 Å². The summed E-state index contributed by atoms with van der Waals surface area (Å²) in [6, 6.07) is 6.39. The maximum Gasteiger partial charge on any atom is 0.134 e. The van der Waals surface area contributed by atoms with Crippen LogP contribution in [0.15, 0.2) is 30.6 Å². The molecule has 0 saturated heterocycles. The number of nitrogens with zero attached hydrogens (tertiary/aromatic N) is 3. The summed E-state index contributed by atoms with van der Waals surface area (Å²) >= 11 is 0. The Hall–Kier alpha value is -1.81. The zero-order chi connectivity index (χ0) is 14.5. The molecule has 0 radical (unpaired) electrons. The number of hydrogen-bond donors (Lipinski definition) is 1. The van der Waals surface area contributed by atoms with Crippen molar-refractivity contribution in [3.63, 3.8) is 0 Å². The van der Waals surface area contributed by atoms with Crippen molar-refractivity contribution in [2.45, 2.75) is 45.1 Å². The van der Waals surface area contributed by atoms with Gasteiger partial charge in [-0.25, -0.2) is 9.97 Å². The fraction of sp³-hybridized carbons (Fsp3) is 0.471. The number of nitrogens with one attached hydrogen (secondary N) is 1. The first-order valence-corrected chi connectivity index (χ1v) is 7.85. The molecule has 0 aliphatic heterocycles. The van der Waals surface area contributed by atoms with Crippen molar-refractivity contribution in [3.8, 4) is 0 Å². The van der Waals surface area contributed by atoms with Gasteiger partial charge in [-0.2, -0.15) is 0 Å². The average molecular weight is 282 g/mol. The molecule has 0 bridgehead atoms. The average Bonchev–Trinajstić information content (AvgIpc) is 2.53. The fourth-order valence-electron chi connectivity index (χ4n) is 2.87. The van der Waals surface area contributed by atoms with E-state index in [0.29, 0.717) is 12.5 Å². The van der Waals surface area contributed by atoms with E-state index in [1.54, 1.807) is 0 Å². The Morgan fingerprint density at radius 1 is 1.29 bits per heavy atom. The van der Waals surface area contributed by atoms with E-state index in [1.165, 1.54) is 24.1 Å². The predicted octanol–water partition coefficient (Wildman–Crippen LogP) is 2.84. The number of hydrogen-bond acceptors (Lipinski definition) is 4. The first-order chi connectivity index (χ1) is 10.4. The van der Waals surface area contributed by atoms with Gasteiger partial charge in [0.1, 0.15) is 5.82 Å². The smallest absolute Gasteiger partial charge is 0.134 e. The van der Waals surface area contributed by atoms with Gasteiger partial charge in [0.25, 0.3) is 0 Å². The fourth-order valence-corrected chi connectivity index (χ4v) is 2.87. The molecule has 1 aliphatic rings. The summed E-state index contributed by atoms with van der Waals surface area (Å²) in [7, 11) is 0. The molecule has 1 atom stereocenters. The van der Waals surface area contributed by atoms with Crippen LogP contribution < -0.4 is 5.32 Å². The van der Waals surface area contributed by atoms with Gasteiger partial charge in [0.15, 0.2) is 0 Å². The van der Waals surface area contributed by atoms with Crippen molar-refractivity contribution in [2.24, 2.45) is 0 Å². The lowest BCUT2D eigenvalue weighted by Crippen LogP contribution is -2.27. The van der Waals surface area contributed by atoms with Crippen LogP contribution in [0, 0.1) is 0 Å². The molecule has 1 unspecified atom stereocenters. The summed E-state index contributed by atoms with van der Waals surface area (Å²) in [5.74, 6) is 0.878. The van der Waals surface area contributed by atoms with Crippen molar-refractivity contribution in [3.05, 3.63) is 53.4 Å². The molecule has 1 N–H and O–H groups in total. The third kappa shape index (κ3) is 3.45. The molecule has 2 aromatic rings. The summed E-state index contributed by atoms with van der Waals surface area (Å²) < 4.78 is 0. The van der Waals surface area contributed by atoms with E-state index in [-0.39, 0.29) is 0 Å². The molecule has 0 amide bonds. The van der Waals surface area contributed by atoms with Gasteiger partial charge in [-0.05, 0) is 44.4 Å². The van der Waals surface area contributed by atoms with Gasteiger partial charge < -0.3 is 5.32 Å². The molecule has 2 heterocycles. The van der Waals surface area contributed by atoms with E-state index in [2.05, 4.69) is 22.2 Å². The minimum atomic E-state index is 0.428. The molecular formula is C17H22N4. The normalized spacial score (nSPS) is 17.5. The molecular weight excluding hydrogens is 260 g/mol. The van der Waals surface area contributed by atoms with E-state index in [0.717, 1.165) is 30.9 Å². The molecule has 21 heavy (non-hydrogen) atoms. The summed E-state index contributed by atoms with van der Waals surface area (Å²) in [6.07, 6.45) is 9.17. The molecule has 4 heteroatoms. The number of rotatable bonds is 5. The number of fused-ring (bicyclic) bond motifs is 1. The zero-order valence-corrected chi connectivity index (χ0v) is 12.5. The van der Waals surface area contributed by atoms with Gasteiger partial charge in [-0.15, -0.1) is 0 Å². The highest BCUT2D eigenvalue weighted by Gasteiger charge is 2.21. The molecule has 3 rings (SSSR count). The minimum absolute atomic E-state index is 0.428. The molecule has 0 aromatic carbocycles. The number of aryl methyl sites for hydroxylation is 1. The first kappa shape index (κ1) is 14.1. The van der Waals surface area contributed by atoms with Gasteiger partial charge in [0, 0.05) is 35.4 Å². The third-order valence-electron chi connectivity index (χ3n) is 3.94. The third-order valence-corrected chi connectivity index (χ3v) is 3.94. The summed E-state index contributed by atoms with van der Waals surface area (Å²) in [4.78, 5) is 13.7. The molecule has 2 aromatic heterocycles. The maximum atomic E-state index is 4.78. The van der Waals surface area contributed by atoms with Crippen LogP contribution in [0.3, 0.4) is 0 Å². The zero-order valence-electron chi connectivity index (χ0n) is 12.5. The second kappa shape index (κ2) is 6.76. The second-order valence-corrected chi connectivity index (χ2v) is 5.59. The molecule has 110 valence electrons. The van der Waals surface area contributed by atoms with Gasteiger partial charge in [0.2, 0.25) is 0 Å². The number of pyridine rings is 1.